The fraction of sp³-hybridized carbons (Fsp3) is 0.0769. The normalized spacial score (nSPS) is 10.1. The van der Waals surface area contributed by atoms with Crippen molar-refractivity contribution in [3.8, 4) is 11.5 Å². The summed E-state index contributed by atoms with van der Waals surface area (Å²) in [5, 5.41) is 0. The Bertz CT molecular complexity index is 555. The molecule has 1 aromatic heterocycles. The molecular formula is C13H12N2OS2. The molecule has 0 aliphatic carbocycles. The molecule has 1 heterocycles. The summed E-state index contributed by atoms with van der Waals surface area (Å²) in [6.45, 7) is 0. The number of benzene rings is 1. The van der Waals surface area contributed by atoms with Crippen LogP contribution < -0.4 is 10.5 Å². The van der Waals surface area contributed by atoms with Gasteiger partial charge in [0.15, 0.2) is 5.75 Å². The first kappa shape index (κ1) is 12.9. The average Bonchev–Trinajstić information content (AvgIpc) is 2.40. The fourth-order valence-electron chi connectivity index (χ4n) is 1.44. The van der Waals surface area contributed by atoms with E-state index in [0.29, 0.717) is 16.3 Å². The molecule has 0 amide bonds. The summed E-state index contributed by atoms with van der Waals surface area (Å²) in [4.78, 5) is 5.50. The van der Waals surface area contributed by atoms with Crippen LogP contribution in [0.5, 0.6) is 11.5 Å². The summed E-state index contributed by atoms with van der Waals surface area (Å²) < 4.78 is 5.73. The minimum atomic E-state index is 0.299. The third-order valence-electron chi connectivity index (χ3n) is 2.34. The molecule has 3 nitrogen and oxygen atoms in total. The standard InChI is InChI=1S/C13H12N2OS2/c1-18-10-4-2-9(3-5-10)16-12-8-15-7-6-11(12)13(14)17/h2-8H,1H3,(H2,14,17). The van der Waals surface area contributed by atoms with Gasteiger partial charge < -0.3 is 10.5 Å². The molecule has 18 heavy (non-hydrogen) atoms. The van der Waals surface area contributed by atoms with Crippen LogP contribution >= 0.6 is 24.0 Å². The van der Waals surface area contributed by atoms with Crippen molar-refractivity contribution in [2.24, 2.45) is 5.73 Å². The van der Waals surface area contributed by atoms with Crippen LogP contribution in [0.15, 0.2) is 47.6 Å². The highest BCUT2D eigenvalue weighted by Gasteiger charge is 2.07. The lowest BCUT2D eigenvalue weighted by Crippen LogP contribution is -2.10. The maximum absolute atomic E-state index is 5.73. The second-order valence-corrected chi connectivity index (χ2v) is 4.83. The molecule has 0 unspecified atom stereocenters. The molecule has 0 saturated carbocycles. The summed E-state index contributed by atoms with van der Waals surface area (Å²) >= 11 is 6.66. The number of hydrogen-bond donors (Lipinski definition) is 1. The maximum atomic E-state index is 5.73. The van der Waals surface area contributed by atoms with E-state index < -0.39 is 0 Å². The molecule has 1 aromatic carbocycles. The van der Waals surface area contributed by atoms with Gasteiger partial charge in [-0.15, -0.1) is 11.8 Å². The number of pyridine rings is 1. The Hall–Kier alpha value is -1.59. The fourth-order valence-corrected chi connectivity index (χ4v) is 2.01. The second kappa shape index (κ2) is 5.84. The van der Waals surface area contributed by atoms with E-state index in [1.54, 1.807) is 30.2 Å². The van der Waals surface area contributed by atoms with Gasteiger partial charge in [-0.1, -0.05) is 12.2 Å². The van der Waals surface area contributed by atoms with Gasteiger partial charge in [0.1, 0.15) is 10.7 Å². The zero-order valence-corrected chi connectivity index (χ0v) is 11.4. The van der Waals surface area contributed by atoms with Crippen LogP contribution in [0.25, 0.3) is 0 Å². The Morgan fingerprint density at radius 2 is 2.00 bits per heavy atom. The van der Waals surface area contributed by atoms with Crippen molar-refractivity contribution in [3.63, 3.8) is 0 Å². The van der Waals surface area contributed by atoms with Crippen LogP contribution in [-0.4, -0.2) is 16.2 Å². The van der Waals surface area contributed by atoms with Gasteiger partial charge in [-0.25, -0.2) is 0 Å². The third-order valence-corrected chi connectivity index (χ3v) is 3.30. The Morgan fingerprint density at radius 1 is 1.28 bits per heavy atom. The van der Waals surface area contributed by atoms with Crippen molar-refractivity contribution < 1.29 is 4.74 Å². The summed E-state index contributed by atoms with van der Waals surface area (Å²) in [6.07, 6.45) is 5.27. The van der Waals surface area contributed by atoms with E-state index in [9.17, 15) is 0 Å². The molecule has 0 spiro atoms. The number of nitrogens with zero attached hydrogens (tertiary/aromatic N) is 1. The Balaban J connectivity index is 2.25. The van der Waals surface area contributed by atoms with Gasteiger partial charge in [0.2, 0.25) is 0 Å². The molecule has 0 bridgehead atoms. The van der Waals surface area contributed by atoms with Crippen LogP contribution in [-0.2, 0) is 0 Å². The first-order chi connectivity index (χ1) is 8.70. The minimum Gasteiger partial charge on any atom is -0.455 e. The first-order valence-electron chi connectivity index (χ1n) is 5.26. The highest BCUT2D eigenvalue weighted by Crippen LogP contribution is 2.26. The predicted molar refractivity (Wildman–Crippen MR) is 78.4 cm³/mol. The van der Waals surface area contributed by atoms with Gasteiger partial charge >= 0.3 is 0 Å². The van der Waals surface area contributed by atoms with Crippen LogP contribution in [0.2, 0.25) is 0 Å². The summed E-state index contributed by atoms with van der Waals surface area (Å²) in [5.74, 6) is 1.31. The molecule has 0 atom stereocenters. The largest absolute Gasteiger partial charge is 0.455 e. The lowest BCUT2D eigenvalue weighted by molar-refractivity contribution is 0.479. The van der Waals surface area contributed by atoms with Crippen LogP contribution in [0.4, 0.5) is 0 Å². The number of thiocarbonyl (C=S) groups is 1. The molecule has 2 aromatic rings. The van der Waals surface area contributed by atoms with Crippen molar-refractivity contribution in [3.05, 3.63) is 48.3 Å². The number of thioether (sulfide) groups is 1. The SMILES string of the molecule is CSc1ccc(Oc2cnccc2C(N)=S)cc1. The predicted octanol–water partition coefficient (Wildman–Crippen LogP) is 3.23. The molecule has 92 valence electrons. The molecule has 0 aliphatic heterocycles. The number of hydrogen-bond acceptors (Lipinski definition) is 4. The van der Waals surface area contributed by atoms with Crippen LogP contribution in [0.3, 0.4) is 0 Å². The Morgan fingerprint density at radius 3 is 2.61 bits per heavy atom. The van der Waals surface area contributed by atoms with Crippen molar-refractivity contribution >= 4 is 29.0 Å². The third kappa shape index (κ3) is 3.00. The average molecular weight is 276 g/mol. The maximum Gasteiger partial charge on any atom is 0.155 e. The summed E-state index contributed by atoms with van der Waals surface area (Å²) in [5.41, 5.74) is 6.32. The lowest BCUT2D eigenvalue weighted by atomic mass is 10.2. The van der Waals surface area contributed by atoms with Crippen molar-refractivity contribution in [1.82, 2.24) is 4.98 Å². The summed E-state index contributed by atoms with van der Waals surface area (Å²) in [6, 6.07) is 9.55. The van der Waals surface area contributed by atoms with E-state index in [2.05, 4.69) is 4.98 Å². The molecular weight excluding hydrogens is 264 g/mol. The van der Waals surface area contributed by atoms with Gasteiger partial charge in [-0.3, -0.25) is 4.98 Å². The quantitative estimate of drug-likeness (QED) is 0.686. The van der Waals surface area contributed by atoms with Crippen molar-refractivity contribution in [1.29, 1.82) is 0 Å². The van der Waals surface area contributed by atoms with E-state index in [-0.39, 0.29) is 0 Å². The number of aromatic nitrogens is 1. The molecule has 0 saturated heterocycles. The molecule has 2 N–H and O–H groups in total. The number of nitrogens with two attached hydrogens (primary N) is 1. The van der Waals surface area contributed by atoms with Gasteiger partial charge in [0.05, 0.1) is 11.8 Å². The van der Waals surface area contributed by atoms with Crippen LogP contribution in [0, 0.1) is 0 Å². The van der Waals surface area contributed by atoms with Gasteiger partial charge in [0.25, 0.3) is 0 Å². The van der Waals surface area contributed by atoms with Gasteiger partial charge in [0, 0.05) is 11.1 Å². The molecule has 5 heteroatoms. The Labute approximate surface area is 115 Å². The topological polar surface area (TPSA) is 48.1 Å². The highest BCUT2D eigenvalue weighted by molar-refractivity contribution is 7.98. The van der Waals surface area contributed by atoms with Gasteiger partial charge in [-0.2, -0.15) is 0 Å². The second-order valence-electron chi connectivity index (χ2n) is 3.51. The molecule has 0 radical (unpaired) electrons. The zero-order chi connectivity index (χ0) is 13.0. The van der Waals surface area contributed by atoms with E-state index >= 15 is 0 Å². The number of ether oxygens (including phenoxy) is 1. The smallest absolute Gasteiger partial charge is 0.155 e. The molecule has 2 rings (SSSR count). The minimum absolute atomic E-state index is 0.299. The van der Waals surface area contributed by atoms with E-state index in [0.717, 1.165) is 5.75 Å². The molecule has 0 fully saturated rings. The van der Waals surface area contributed by atoms with Crippen molar-refractivity contribution in [2.75, 3.05) is 6.26 Å². The monoisotopic (exact) mass is 276 g/mol. The number of rotatable bonds is 4. The first-order valence-corrected chi connectivity index (χ1v) is 6.89. The van der Waals surface area contributed by atoms with Crippen molar-refractivity contribution in [2.45, 2.75) is 4.90 Å². The van der Waals surface area contributed by atoms with E-state index in [1.165, 1.54) is 4.90 Å². The summed E-state index contributed by atoms with van der Waals surface area (Å²) in [7, 11) is 0. The lowest BCUT2D eigenvalue weighted by Gasteiger charge is -2.09. The van der Waals surface area contributed by atoms with Gasteiger partial charge in [-0.05, 0) is 36.6 Å². The molecule has 0 aliphatic rings. The van der Waals surface area contributed by atoms with Crippen LogP contribution in [0.1, 0.15) is 5.56 Å². The van der Waals surface area contributed by atoms with E-state index in [4.69, 9.17) is 22.7 Å². The zero-order valence-electron chi connectivity index (χ0n) is 9.79. The Kier molecular flexibility index (Phi) is 4.17. The van der Waals surface area contributed by atoms with E-state index in [1.807, 2.05) is 30.5 Å². The highest BCUT2D eigenvalue weighted by atomic mass is 32.2.